The lowest BCUT2D eigenvalue weighted by atomic mass is 10.2. The molecule has 1 unspecified atom stereocenters. The van der Waals surface area contributed by atoms with Gasteiger partial charge >= 0.3 is 6.18 Å². The van der Waals surface area contributed by atoms with Crippen LogP contribution in [0.2, 0.25) is 0 Å². The lowest BCUT2D eigenvalue weighted by Crippen LogP contribution is -2.32. The zero-order valence-electron chi connectivity index (χ0n) is 6.99. The molecule has 2 nitrogen and oxygen atoms in total. The molecule has 0 aliphatic rings. The van der Waals surface area contributed by atoms with Gasteiger partial charge in [-0.05, 0) is 19.9 Å². The third-order valence-electron chi connectivity index (χ3n) is 1.37. The largest absolute Gasteiger partial charge is 0.396 e. The SMILES string of the molecule is CC(CC(F)(F)F)NCCCO. The number of alkyl halides is 3. The summed E-state index contributed by atoms with van der Waals surface area (Å²) in [7, 11) is 0. The van der Waals surface area contributed by atoms with Gasteiger partial charge in [-0.1, -0.05) is 0 Å². The third-order valence-corrected chi connectivity index (χ3v) is 1.37. The number of hydrogen-bond donors (Lipinski definition) is 2. The summed E-state index contributed by atoms with van der Waals surface area (Å²) in [6, 6.07) is -0.573. The van der Waals surface area contributed by atoms with Crippen molar-refractivity contribution in [1.82, 2.24) is 5.32 Å². The molecule has 0 heterocycles. The molecule has 0 radical (unpaired) electrons. The Morgan fingerprint density at radius 3 is 2.42 bits per heavy atom. The quantitative estimate of drug-likeness (QED) is 0.633. The van der Waals surface area contributed by atoms with Crippen molar-refractivity contribution in [3.8, 4) is 0 Å². The summed E-state index contributed by atoms with van der Waals surface area (Å²) in [6.07, 6.45) is -4.44. The molecular formula is C7H14F3NO. The number of aliphatic hydroxyl groups is 1. The van der Waals surface area contributed by atoms with Crippen molar-refractivity contribution in [3.63, 3.8) is 0 Å². The van der Waals surface area contributed by atoms with Gasteiger partial charge in [0.15, 0.2) is 0 Å². The van der Waals surface area contributed by atoms with Crippen LogP contribution in [0.15, 0.2) is 0 Å². The normalized spacial score (nSPS) is 14.8. The molecule has 0 rings (SSSR count). The first-order chi connectivity index (χ1) is 5.45. The van der Waals surface area contributed by atoms with E-state index >= 15 is 0 Å². The Kier molecular flexibility index (Phi) is 5.24. The molecule has 0 saturated heterocycles. The number of hydrogen-bond acceptors (Lipinski definition) is 2. The van der Waals surface area contributed by atoms with Crippen molar-refractivity contribution in [2.45, 2.75) is 32.0 Å². The van der Waals surface area contributed by atoms with Crippen LogP contribution in [0, 0.1) is 0 Å². The molecular weight excluding hydrogens is 171 g/mol. The van der Waals surface area contributed by atoms with Gasteiger partial charge in [-0.25, -0.2) is 0 Å². The van der Waals surface area contributed by atoms with Gasteiger partial charge in [0, 0.05) is 12.6 Å². The van der Waals surface area contributed by atoms with E-state index in [9.17, 15) is 13.2 Å². The van der Waals surface area contributed by atoms with Crippen LogP contribution in [-0.4, -0.2) is 30.5 Å². The van der Waals surface area contributed by atoms with Crippen LogP contribution < -0.4 is 5.32 Å². The first-order valence-corrected chi connectivity index (χ1v) is 3.86. The molecule has 0 bridgehead atoms. The van der Waals surface area contributed by atoms with Gasteiger partial charge in [0.25, 0.3) is 0 Å². The van der Waals surface area contributed by atoms with E-state index in [2.05, 4.69) is 5.32 Å². The Hall–Kier alpha value is -0.290. The summed E-state index contributed by atoms with van der Waals surface area (Å²) < 4.78 is 35.2. The highest BCUT2D eigenvalue weighted by atomic mass is 19.4. The molecule has 2 N–H and O–H groups in total. The predicted molar refractivity (Wildman–Crippen MR) is 39.8 cm³/mol. The van der Waals surface area contributed by atoms with Crippen LogP contribution in [0.1, 0.15) is 19.8 Å². The van der Waals surface area contributed by atoms with Crippen LogP contribution in [0.3, 0.4) is 0 Å². The minimum Gasteiger partial charge on any atom is -0.396 e. The predicted octanol–water partition coefficient (Wildman–Crippen LogP) is 1.30. The zero-order chi connectivity index (χ0) is 9.61. The minimum absolute atomic E-state index is 0.00569. The molecule has 0 aromatic heterocycles. The van der Waals surface area contributed by atoms with Gasteiger partial charge < -0.3 is 10.4 Å². The Bertz CT molecular complexity index is 116. The minimum atomic E-state index is -4.11. The Labute approximate surface area is 69.8 Å². The fourth-order valence-electron chi connectivity index (χ4n) is 0.847. The summed E-state index contributed by atoms with van der Waals surface area (Å²) in [6.45, 7) is 1.91. The standard InChI is InChI=1S/C7H14F3NO/c1-6(5-7(8,9)10)11-3-2-4-12/h6,11-12H,2-5H2,1H3. The molecule has 0 saturated carbocycles. The molecule has 0 aliphatic heterocycles. The lowest BCUT2D eigenvalue weighted by Gasteiger charge is -2.14. The van der Waals surface area contributed by atoms with Crippen LogP contribution in [0.5, 0.6) is 0 Å². The van der Waals surface area contributed by atoms with Crippen molar-refractivity contribution in [2.75, 3.05) is 13.2 Å². The van der Waals surface area contributed by atoms with Crippen LogP contribution in [0.25, 0.3) is 0 Å². The molecule has 0 spiro atoms. The van der Waals surface area contributed by atoms with E-state index in [4.69, 9.17) is 5.11 Å². The van der Waals surface area contributed by atoms with Gasteiger partial charge in [-0.3, -0.25) is 0 Å². The average Bonchev–Trinajstić information content (AvgIpc) is 1.84. The molecule has 0 aliphatic carbocycles. The van der Waals surface area contributed by atoms with Crippen LogP contribution in [0.4, 0.5) is 13.2 Å². The maximum Gasteiger partial charge on any atom is 0.390 e. The second kappa shape index (κ2) is 5.37. The fourth-order valence-corrected chi connectivity index (χ4v) is 0.847. The Balaban J connectivity index is 3.40. The Morgan fingerprint density at radius 2 is 2.00 bits per heavy atom. The van der Waals surface area contributed by atoms with Crippen molar-refractivity contribution in [1.29, 1.82) is 0 Å². The summed E-state index contributed by atoms with van der Waals surface area (Å²) in [5.74, 6) is 0. The van der Waals surface area contributed by atoms with E-state index in [0.29, 0.717) is 13.0 Å². The van der Waals surface area contributed by atoms with Gasteiger partial charge in [-0.2, -0.15) is 13.2 Å². The van der Waals surface area contributed by atoms with E-state index in [0.717, 1.165) is 0 Å². The van der Waals surface area contributed by atoms with Gasteiger partial charge in [0.05, 0.1) is 6.42 Å². The molecule has 5 heteroatoms. The molecule has 0 amide bonds. The van der Waals surface area contributed by atoms with E-state index in [1.54, 1.807) is 0 Å². The molecule has 74 valence electrons. The molecule has 1 atom stereocenters. The molecule has 0 aromatic carbocycles. The topological polar surface area (TPSA) is 32.3 Å². The number of aliphatic hydroxyl groups excluding tert-OH is 1. The fraction of sp³-hybridized carbons (Fsp3) is 1.00. The first-order valence-electron chi connectivity index (χ1n) is 3.86. The summed E-state index contributed by atoms with van der Waals surface area (Å²) in [5.41, 5.74) is 0. The monoisotopic (exact) mass is 185 g/mol. The highest BCUT2D eigenvalue weighted by Gasteiger charge is 2.29. The maximum atomic E-state index is 11.7. The van der Waals surface area contributed by atoms with E-state index in [1.165, 1.54) is 6.92 Å². The molecule has 0 fully saturated rings. The van der Waals surface area contributed by atoms with Crippen LogP contribution in [-0.2, 0) is 0 Å². The average molecular weight is 185 g/mol. The number of halogens is 3. The number of rotatable bonds is 5. The lowest BCUT2D eigenvalue weighted by molar-refractivity contribution is -0.139. The zero-order valence-corrected chi connectivity index (χ0v) is 6.99. The second-order valence-corrected chi connectivity index (χ2v) is 2.75. The van der Waals surface area contributed by atoms with Gasteiger partial charge in [-0.15, -0.1) is 0 Å². The van der Waals surface area contributed by atoms with E-state index < -0.39 is 18.6 Å². The number of nitrogens with one attached hydrogen (secondary N) is 1. The van der Waals surface area contributed by atoms with Crippen molar-refractivity contribution < 1.29 is 18.3 Å². The summed E-state index contributed by atoms with van der Waals surface area (Å²) in [4.78, 5) is 0. The smallest absolute Gasteiger partial charge is 0.390 e. The molecule has 12 heavy (non-hydrogen) atoms. The highest BCUT2D eigenvalue weighted by molar-refractivity contribution is 4.65. The molecule has 0 aromatic rings. The van der Waals surface area contributed by atoms with E-state index in [1.807, 2.05) is 0 Å². The van der Waals surface area contributed by atoms with E-state index in [-0.39, 0.29) is 6.61 Å². The highest BCUT2D eigenvalue weighted by Crippen LogP contribution is 2.21. The summed E-state index contributed by atoms with van der Waals surface area (Å²) >= 11 is 0. The Morgan fingerprint density at radius 1 is 1.42 bits per heavy atom. The van der Waals surface area contributed by atoms with Gasteiger partial charge in [0.1, 0.15) is 0 Å². The van der Waals surface area contributed by atoms with Crippen molar-refractivity contribution in [3.05, 3.63) is 0 Å². The van der Waals surface area contributed by atoms with Crippen LogP contribution >= 0.6 is 0 Å². The summed E-state index contributed by atoms with van der Waals surface area (Å²) in [5, 5.41) is 11.0. The van der Waals surface area contributed by atoms with Crippen molar-refractivity contribution >= 4 is 0 Å². The van der Waals surface area contributed by atoms with Gasteiger partial charge in [0.2, 0.25) is 0 Å². The first kappa shape index (κ1) is 11.7. The third kappa shape index (κ3) is 7.81. The second-order valence-electron chi connectivity index (χ2n) is 2.75. The maximum absolute atomic E-state index is 11.7. The van der Waals surface area contributed by atoms with Crippen molar-refractivity contribution in [2.24, 2.45) is 0 Å².